The van der Waals surface area contributed by atoms with E-state index in [1.54, 1.807) is 30.3 Å². The second kappa shape index (κ2) is 8.31. The van der Waals surface area contributed by atoms with Gasteiger partial charge in [-0.1, -0.05) is 30.3 Å². The van der Waals surface area contributed by atoms with E-state index in [9.17, 15) is 9.59 Å². The maximum atomic E-state index is 12.4. The fraction of sp³-hybridized carbons (Fsp3) is 0.100. The van der Waals surface area contributed by atoms with Crippen molar-refractivity contribution in [3.63, 3.8) is 0 Å². The Morgan fingerprint density at radius 1 is 1.15 bits per heavy atom. The van der Waals surface area contributed by atoms with Gasteiger partial charge in [0.15, 0.2) is 0 Å². The van der Waals surface area contributed by atoms with Gasteiger partial charge in [-0.3, -0.25) is 14.8 Å². The highest BCUT2D eigenvalue weighted by molar-refractivity contribution is 5.95. The lowest BCUT2D eigenvalue weighted by atomic mass is 10.0. The van der Waals surface area contributed by atoms with Crippen molar-refractivity contribution in [3.8, 4) is 0 Å². The number of aromatic nitrogens is 1. The van der Waals surface area contributed by atoms with E-state index in [1.165, 1.54) is 11.6 Å². The van der Waals surface area contributed by atoms with Crippen LogP contribution in [0.3, 0.4) is 0 Å². The molecule has 0 aliphatic carbocycles. The molecule has 3 rings (SSSR count). The van der Waals surface area contributed by atoms with Crippen molar-refractivity contribution in [1.29, 1.82) is 0 Å². The molecule has 0 aliphatic rings. The Balaban J connectivity index is 1.61. The molecule has 2 amide bonds. The Morgan fingerprint density at radius 2 is 1.89 bits per heavy atom. The highest BCUT2D eigenvalue weighted by Crippen LogP contribution is 2.19. The molecular formula is C20H20N4O3. The van der Waals surface area contributed by atoms with Crippen LogP contribution in [0.2, 0.25) is 0 Å². The van der Waals surface area contributed by atoms with Crippen molar-refractivity contribution in [2.75, 3.05) is 5.32 Å². The Kier molecular flexibility index (Phi) is 5.65. The summed E-state index contributed by atoms with van der Waals surface area (Å²) in [6.07, 6.45) is 5.04. The summed E-state index contributed by atoms with van der Waals surface area (Å²) in [4.78, 5) is 26.5. The van der Waals surface area contributed by atoms with Gasteiger partial charge >= 0.3 is 0 Å². The van der Waals surface area contributed by atoms with Crippen LogP contribution >= 0.6 is 0 Å². The van der Waals surface area contributed by atoms with Gasteiger partial charge in [-0.15, -0.1) is 0 Å². The molecule has 1 atom stereocenters. The van der Waals surface area contributed by atoms with Gasteiger partial charge in [0, 0.05) is 28.9 Å². The van der Waals surface area contributed by atoms with Crippen molar-refractivity contribution in [2.24, 2.45) is 5.73 Å². The summed E-state index contributed by atoms with van der Waals surface area (Å²) < 4.78 is 0. The van der Waals surface area contributed by atoms with Gasteiger partial charge in [-0.25, -0.2) is 5.48 Å². The number of para-hydroxylation sites is 1. The molecule has 0 radical (unpaired) electrons. The number of fused-ring (bicyclic) bond motifs is 1. The van der Waals surface area contributed by atoms with Crippen LogP contribution in [0, 0.1) is 0 Å². The number of aromatic amines is 1. The number of nitrogens with one attached hydrogen (secondary N) is 3. The molecule has 0 spiro atoms. The molecule has 27 heavy (non-hydrogen) atoms. The molecule has 6 N–H and O–H groups in total. The Labute approximate surface area is 155 Å². The molecule has 0 saturated heterocycles. The van der Waals surface area contributed by atoms with Gasteiger partial charge in [0.25, 0.3) is 5.91 Å². The largest absolute Gasteiger partial charge is 0.361 e. The van der Waals surface area contributed by atoms with Gasteiger partial charge in [0.1, 0.15) is 0 Å². The van der Waals surface area contributed by atoms with Gasteiger partial charge < -0.3 is 16.0 Å². The first kappa shape index (κ1) is 18.4. The molecule has 7 nitrogen and oxygen atoms in total. The van der Waals surface area contributed by atoms with E-state index in [2.05, 4.69) is 10.3 Å². The fourth-order valence-electron chi connectivity index (χ4n) is 2.75. The summed E-state index contributed by atoms with van der Waals surface area (Å²) in [6, 6.07) is 14.1. The summed E-state index contributed by atoms with van der Waals surface area (Å²) in [5, 5.41) is 12.3. The summed E-state index contributed by atoms with van der Waals surface area (Å²) >= 11 is 0. The number of carbonyl (C=O) groups is 2. The van der Waals surface area contributed by atoms with Crippen LogP contribution in [0.1, 0.15) is 11.1 Å². The summed E-state index contributed by atoms with van der Waals surface area (Å²) in [5.41, 5.74) is 11.0. The maximum absolute atomic E-state index is 12.4. The minimum Gasteiger partial charge on any atom is -0.361 e. The van der Waals surface area contributed by atoms with Crippen LogP contribution < -0.4 is 16.5 Å². The van der Waals surface area contributed by atoms with Gasteiger partial charge in [0.2, 0.25) is 5.91 Å². The zero-order valence-corrected chi connectivity index (χ0v) is 14.5. The zero-order valence-electron chi connectivity index (χ0n) is 14.5. The number of rotatable bonds is 6. The number of carbonyl (C=O) groups excluding carboxylic acids is 2. The highest BCUT2D eigenvalue weighted by atomic mass is 16.5. The number of hydroxylamine groups is 1. The molecule has 0 aliphatic heterocycles. The van der Waals surface area contributed by atoms with Crippen molar-refractivity contribution >= 4 is 34.5 Å². The number of nitrogens with two attached hydrogens (primary N) is 1. The first-order chi connectivity index (χ1) is 13.1. The smallest absolute Gasteiger partial charge is 0.267 e. The molecular weight excluding hydrogens is 344 g/mol. The van der Waals surface area contributed by atoms with Crippen LogP contribution in [-0.4, -0.2) is 28.0 Å². The lowest BCUT2D eigenvalue weighted by Crippen LogP contribution is -2.37. The standard InChI is InChI=1S/C20H20N4O3/c21-17(11-14-12-22-18-4-2-1-3-16(14)18)20(26)23-15-8-5-13(6-9-15)7-10-19(25)24-27/h1-10,12,17,22,27H,11,21H2,(H,23,26)(H,24,25)/b10-7+. The third kappa shape index (κ3) is 4.60. The van der Waals surface area contributed by atoms with E-state index < -0.39 is 11.9 Å². The van der Waals surface area contributed by atoms with Crippen LogP contribution in [-0.2, 0) is 16.0 Å². The van der Waals surface area contributed by atoms with E-state index in [1.807, 2.05) is 30.5 Å². The zero-order chi connectivity index (χ0) is 19.2. The third-order valence-electron chi connectivity index (χ3n) is 4.17. The lowest BCUT2D eigenvalue weighted by Gasteiger charge is -2.12. The van der Waals surface area contributed by atoms with Crippen molar-refractivity contribution in [3.05, 3.63) is 71.9 Å². The topological polar surface area (TPSA) is 120 Å². The number of hydrogen-bond donors (Lipinski definition) is 5. The lowest BCUT2D eigenvalue weighted by molar-refractivity contribution is -0.124. The molecule has 0 saturated carbocycles. The second-order valence-electron chi connectivity index (χ2n) is 6.09. The molecule has 1 unspecified atom stereocenters. The molecule has 2 aromatic carbocycles. The Morgan fingerprint density at radius 3 is 2.63 bits per heavy atom. The van der Waals surface area contributed by atoms with Crippen LogP contribution in [0.4, 0.5) is 5.69 Å². The monoisotopic (exact) mass is 364 g/mol. The molecule has 0 bridgehead atoms. The number of benzene rings is 2. The maximum Gasteiger partial charge on any atom is 0.267 e. The molecule has 1 heterocycles. The van der Waals surface area contributed by atoms with E-state index in [0.29, 0.717) is 12.1 Å². The molecule has 0 fully saturated rings. The third-order valence-corrected chi connectivity index (χ3v) is 4.17. The van der Waals surface area contributed by atoms with Crippen LogP contribution in [0.5, 0.6) is 0 Å². The first-order valence-corrected chi connectivity index (χ1v) is 8.40. The van der Waals surface area contributed by atoms with E-state index >= 15 is 0 Å². The van der Waals surface area contributed by atoms with Gasteiger partial charge in [-0.05, 0) is 41.8 Å². The van der Waals surface area contributed by atoms with Crippen molar-refractivity contribution < 1.29 is 14.8 Å². The van der Waals surface area contributed by atoms with E-state index in [-0.39, 0.29) is 5.91 Å². The average Bonchev–Trinajstić information content (AvgIpc) is 3.10. The van der Waals surface area contributed by atoms with E-state index in [0.717, 1.165) is 22.0 Å². The normalized spacial score (nSPS) is 12.2. The predicted molar refractivity (Wildman–Crippen MR) is 104 cm³/mol. The fourth-order valence-corrected chi connectivity index (χ4v) is 2.75. The summed E-state index contributed by atoms with van der Waals surface area (Å²) in [6.45, 7) is 0. The van der Waals surface area contributed by atoms with Crippen LogP contribution in [0.15, 0.2) is 60.8 Å². The minimum absolute atomic E-state index is 0.275. The van der Waals surface area contributed by atoms with Crippen LogP contribution in [0.25, 0.3) is 17.0 Å². The average molecular weight is 364 g/mol. The highest BCUT2D eigenvalue weighted by Gasteiger charge is 2.16. The number of hydrogen-bond acceptors (Lipinski definition) is 4. The minimum atomic E-state index is -0.683. The Bertz CT molecular complexity index is 976. The van der Waals surface area contributed by atoms with Gasteiger partial charge in [-0.2, -0.15) is 0 Å². The van der Waals surface area contributed by atoms with Gasteiger partial charge in [0.05, 0.1) is 6.04 Å². The molecule has 1 aromatic heterocycles. The van der Waals surface area contributed by atoms with Crippen molar-refractivity contribution in [2.45, 2.75) is 12.5 Å². The summed E-state index contributed by atoms with van der Waals surface area (Å²) in [5.74, 6) is -0.890. The first-order valence-electron chi connectivity index (χ1n) is 8.40. The molecule has 7 heteroatoms. The number of amides is 2. The van der Waals surface area contributed by atoms with E-state index in [4.69, 9.17) is 10.9 Å². The molecule has 138 valence electrons. The second-order valence-corrected chi connectivity index (χ2v) is 6.09. The number of H-pyrrole nitrogens is 1. The van der Waals surface area contributed by atoms with Crippen molar-refractivity contribution in [1.82, 2.24) is 10.5 Å². The molecule has 3 aromatic rings. The Hall–Kier alpha value is -3.42. The summed E-state index contributed by atoms with van der Waals surface area (Å²) in [7, 11) is 0. The SMILES string of the molecule is NC(Cc1c[nH]c2ccccc12)C(=O)Nc1ccc(/C=C/C(=O)NO)cc1. The predicted octanol–water partition coefficient (Wildman–Crippen LogP) is 2.20. The quantitative estimate of drug-likeness (QED) is 0.262. The number of anilines is 1.